The van der Waals surface area contributed by atoms with Gasteiger partial charge in [0.2, 0.25) is 5.91 Å². The van der Waals surface area contributed by atoms with Crippen LogP contribution in [0.5, 0.6) is 0 Å². The van der Waals surface area contributed by atoms with Crippen LogP contribution in [0, 0.1) is 0 Å². The number of carbonyl (C=O) groups is 2. The summed E-state index contributed by atoms with van der Waals surface area (Å²) in [7, 11) is 0. The Labute approximate surface area is 144 Å². The van der Waals surface area contributed by atoms with E-state index >= 15 is 0 Å². The molecule has 0 radical (unpaired) electrons. The fourth-order valence-corrected chi connectivity index (χ4v) is 2.66. The van der Waals surface area contributed by atoms with Crippen LogP contribution in [0.2, 0.25) is 0 Å². The lowest BCUT2D eigenvalue weighted by atomic mass is 10.2. The maximum absolute atomic E-state index is 12.4. The summed E-state index contributed by atoms with van der Waals surface area (Å²) in [6.07, 6.45) is -2.55. The van der Waals surface area contributed by atoms with Crippen molar-refractivity contribution in [3.05, 3.63) is 24.3 Å². The molecule has 0 bridgehead atoms. The molecule has 25 heavy (non-hydrogen) atoms. The standard InChI is InChI=1S/C17H22F3N3O2/c1-2-3-4-15(24)21-13-5-7-14(8-6-13)22-9-11-23(12-10-22)16(25)17(18,19)20/h5-8H,2-4,9-12H2,1H3,(H,21,24). The van der Waals surface area contributed by atoms with Gasteiger partial charge in [-0.25, -0.2) is 0 Å². The lowest BCUT2D eigenvalue weighted by Gasteiger charge is -2.36. The summed E-state index contributed by atoms with van der Waals surface area (Å²) in [5.41, 5.74) is 1.54. The Balaban J connectivity index is 1.87. The van der Waals surface area contributed by atoms with E-state index in [1.54, 1.807) is 12.1 Å². The number of hydrogen-bond donors (Lipinski definition) is 1. The number of halogens is 3. The van der Waals surface area contributed by atoms with Crippen LogP contribution >= 0.6 is 0 Å². The highest BCUT2D eigenvalue weighted by Crippen LogP contribution is 2.23. The highest BCUT2D eigenvalue weighted by molar-refractivity contribution is 5.90. The van der Waals surface area contributed by atoms with Crippen LogP contribution in [-0.4, -0.2) is 49.1 Å². The lowest BCUT2D eigenvalue weighted by Crippen LogP contribution is -2.52. The lowest BCUT2D eigenvalue weighted by molar-refractivity contribution is -0.185. The largest absolute Gasteiger partial charge is 0.471 e. The average Bonchev–Trinajstić information content (AvgIpc) is 2.59. The molecule has 0 aromatic heterocycles. The van der Waals surface area contributed by atoms with Gasteiger partial charge in [0, 0.05) is 44.0 Å². The van der Waals surface area contributed by atoms with E-state index in [1.807, 2.05) is 24.0 Å². The zero-order valence-electron chi connectivity index (χ0n) is 14.1. The number of carbonyl (C=O) groups excluding carboxylic acids is 2. The van der Waals surface area contributed by atoms with Gasteiger partial charge in [0.15, 0.2) is 0 Å². The quantitative estimate of drug-likeness (QED) is 0.881. The van der Waals surface area contributed by atoms with Gasteiger partial charge in [0.25, 0.3) is 0 Å². The van der Waals surface area contributed by atoms with Gasteiger partial charge in [-0.05, 0) is 30.7 Å². The normalized spacial score (nSPS) is 15.2. The van der Waals surface area contributed by atoms with Crippen molar-refractivity contribution in [2.75, 3.05) is 36.4 Å². The molecule has 5 nitrogen and oxygen atoms in total. The van der Waals surface area contributed by atoms with E-state index in [-0.39, 0.29) is 19.0 Å². The molecule has 1 N–H and O–H groups in total. The van der Waals surface area contributed by atoms with Crippen LogP contribution in [0.1, 0.15) is 26.2 Å². The third kappa shape index (κ3) is 5.37. The predicted octanol–water partition coefficient (Wildman–Crippen LogP) is 3.03. The number of rotatable bonds is 5. The zero-order valence-corrected chi connectivity index (χ0v) is 14.1. The molecule has 0 spiro atoms. The van der Waals surface area contributed by atoms with Crippen LogP contribution in [0.4, 0.5) is 24.5 Å². The first-order chi connectivity index (χ1) is 11.8. The Kier molecular flexibility index (Phi) is 6.27. The topological polar surface area (TPSA) is 52.7 Å². The third-order valence-electron chi connectivity index (χ3n) is 4.08. The first-order valence-electron chi connectivity index (χ1n) is 8.32. The monoisotopic (exact) mass is 357 g/mol. The van der Waals surface area contributed by atoms with Gasteiger partial charge in [-0.2, -0.15) is 13.2 Å². The molecule has 0 saturated carbocycles. The molecule has 1 aliphatic rings. The molecule has 0 atom stereocenters. The predicted molar refractivity (Wildman–Crippen MR) is 89.4 cm³/mol. The van der Waals surface area contributed by atoms with Crippen molar-refractivity contribution in [1.82, 2.24) is 4.90 Å². The molecule has 1 saturated heterocycles. The number of hydrogen-bond acceptors (Lipinski definition) is 3. The summed E-state index contributed by atoms with van der Waals surface area (Å²) in [5, 5.41) is 2.81. The first kappa shape index (κ1) is 19.1. The molecule has 1 heterocycles. The number of piperazine rings is 1. The third-order valence-corrected chi connectivity index (χ3v) is 4.08. The van der Waals surface area contributed by atoms with E-state index in [0.717, 1.165) is 23.4 Å². The molecular formula is C17H22F3N3O2. The van der Waals surface area contributed by atoms with Crippen LogP contribution in [0.3, 0.4) is 0 Å². The number of unbranched alkanes of at least 4 members (excludes halogenated alkanes) is 1. The van der Waals surface area contributed by atoms with Gasteiger partial charge in [0.1, 0.15) is 0 Å². The van der Waals surface area contributed by atoms with E-state index in [4.69, 9.17) is 0 Å². The smallest absolute Gasteiger partial charge is 0.368 e. The number of nitrogens with zero attached hydrogens (tertiary/aromatic N) is 2. The van der Waals surface area contributed by atoms with Crippen LogP contribution in [0.25, 0.3) is 0 Å². The van der Waals surface area contributed by atoms with Crippen molar-refractivity contribution < 1.29 is 22.8 Å². The van der Waals surface area contributed by atoms with Crippen LogP contribution in [0.15, 0.2) is 24.3 Å². The molecular weight excluding hydrogens is 335 g/mol. The molecule has 1 aromatic rings. The molecule has 2 rings (SSSR count). The summed E-state index contributed by atoms with van der Waals surface area (Å²) >= 11 is 0. The highest BCUT2D eigenvalue weighted by Gasteiger charge is 2.43. The second-order valence-corrected chi connectivity index (χ2v) is 5.98. The summed E-state index contributed by atoms with van der Waals surface area (Å²) in [5.74, 6) is -1.81. The van der Waals surface area contributed by atoms with Gasteiger partial charge >= 0.3 is 12.1 Å². The Morgan fingerprint density at radius 2 is 1.68 bits per heavy atom. The Bertz CT molecular complexity index is 594. The number of nitrogens with one attached hydrogen (secondary N) is 1. The second-order valence-electron chi connectivity index (χ2n) is 5.98. The summed E-state index contributed by atoms with van der Waals surface area (Å²) in [4.78, 5) is 25.7. The van der Waals surface area contributed by atoms with Crippen molar-refractivity contribution >= 4 is 23.2 Å². The first-order valence-corrected chi connectivity index (χ1v) is 8.32. The number of amides is 2. The van der Waals surface area contributed by atoms with Gasteiger partial charge in [-0.15, -0.1) is 0 Å². The van der Waals surface area contributed by atoms with Crippen LogP contribution < -0.4 is 10.2 Å². The van der Waals surface area contributed by atoms with E-state index in [0.29, 0.717) is 25.2 Å². The second kappa shape index (κ2) is 8.22. The minimum absolute atomic E-state index is 0.0334. The van der Waals surface area contributed by atoms with Crippen molar-refractivity contribution in [2.24, 2.45) is 0 Å². The molecule has 2 amide bonds. The van der Waals surface area contributed by atoms with Crippen molar-refractivity contribution in [2.45, 2.75) is 32.4 Å². The molecule has 1 aliphatic heterocycles. The maximum atomic E-state index is 12.4. The Morgan fingerprint density at radius 1 is 1.08 bits per heavy atom. The fraction of sp³-hybridized carbons (Fsp3) is 0.529. The van der Waals surface area contributed by atoms with Gasteiger partial charge in [-0.3, -0.25) is 9.59 Å². The van der Waals surface area contributed by atoms with Gasteiger partial charge in [-0.1, -0.05) is 13.3 Å². The zero-order chi connectivity index (χ0) is 18.4. The molecule has 1 aromatic carbocycles. The number of anilines is 2. The van der Waals surface area contributed by atoms with E-state index in [9.17, 15) is 22.8 Å². The molecule has 0 aliphatic carbocycles. The number of benzene rings is 1. The Hall–Kier alpha value is -2.25. The van der Waals surface area contributed by atoms with Crippen LogP contribution in [-0.2, 0) is 9.59 Å². The molecule has 1 fully saturated rings. The Morgan fingerprint density at radius 3 is 2.20 bits per heavy atom. The molecule has 0 unspecified atom stereocenters. The van der Waals surface area contributed by atoms with E-state index in [2.05, 4.69) is 5.32 Å². The summed E-state index contributed by atoms with van der Waals surface area (Å²) in [6.45, 7) is 2.76. The van der Waals surface area contributed by atoms with E-state index < -0.39 is 12.1 Å². The van der Waals surface area contributed by atoms with Crippen molar-refractivity contribution in [1.29, 1.82) is 0 Å². The summed E-state index contributed by atoms with van der Waals surface area (Å²) in [6, 6.07) is 7.17. The van der Waals surface area contributed by atoms with Crippen molar-refractivity contribution in [3.8, 4) is 0 Å². The molecule has 8 heteroatoms. The highest BCUT2D eigenvalue weighted by atomic mass is 19.4. The van der Waals surface area contributed by atoms with Gasteiger partial charge < -0.3 is 15.1 Å². The maximum Gasteiger partial charge on any atom is 0.471 e. The molecule has 138 valence electrons. The van der Waals surface area contributed by atoms with Crippen molar-refractivity contribution in [3.63, 3.8) is 0 Å². The minimum Gasteiger partial charge on any atom is -0.368 e. The SMILES string of the molecule is CCCCC(=O)Nc1ccc(N2CCN(C(=O)C(F)(F)F)CC2)cc1. The average molecular weight is 357 g/mol. The van der Waals surface area contributed by atoms with E-state index in [1.165, 1.54) is 0 Å². The van der Waals surface area contributed by atoms with Gasteiger partial charge in [0.05, 0.1) is 0 Å². The minimum atomic E-state index is -4.82. The summed E-state index contributed by atoms with van der Waals surface area (Å²) < 4.78 is 37.3. The number of alkyl halides is 3. The fourth-order valence-electron chi connectivity index (χ4n) is 2.66.